The third-order valence-corrected chi connectivity index (χ3v) is 3.80. The van der Waals surface area contributed by atoms with Crippen LogP contribution in [-0.2, 0) is 0 Å². The molecule has 0 aromatic rings. The molecule has 5 nitrogen and oxygen atoms in total. The van der Waals surface area contributed by atoms with Gasteiger partial charge in [-0.25, -0.2) is 4.79 Å². The summed E-state index contributed by atoms with van der Waals surface area (Å²) >= 11 is 0. The highest BCUT2D eigenvalue weighted by molar-refractivity contribution is 5.74. The van der Waals surface area contributed by atoms with Crippen LogP contribution in [0.3, 0.4) is 0 Å². The molecule has 2 N–H and O–H groups in total. The molecule has 1 fully saturated rings. The minimum absolute atomic E-state index is 0.150. The fraction of sp³-hybridized carbons (Fsp3) is 0.923. The molecular formula is C13H28N4O. The lowest BCUT2D eigenvalue weighted by molar-refractivity contribution is 0.0940. The smallest absolute Gasteiger partial charge is 0.319 e. The first-order chi connectivity index (χ1) is 8.63. The standard InChI is InChI=1S/C13H28N4O/c1-4-6-12(11-14)16-7-9-17(10-8-16)13(18)15(3)5-2/h12H,4-11,14H2,1-3H3. The molecule has 0 aromatic heterocycles. The van der Waals surface area contributed by atoms with Crippen LogP contribution in [0.4, 0.5) is 4.79 Å². The Morgan fingerprint density at radius 1 is 1.28 bits per heavy atom. The van der Waals surface area contributed by atoms with E-state index in [2.05, 4.69) is 11.8 Å². The lowest BCUT2D eigenvalue weighted by Gasteiger charge is -2.40. The van der Waals surface area contributed by atoms with Crippen molar-refractivity contribution in [3.63, 3.8) is 0 Å². The summed E-state index contributed by atoms with van der Waals surface area (Å²) in [5.74, 6) is 0. The molecule has 18 heavy (non-hydrogen) atoms. The molecule has 1 heterocycles. The van der Waals surface area contributed by atoms with Gasteiger partial charge in [-0.05, 0) is 13.3 Å². The third-order valence-electron chi connectivity index (χ3n) is 3.80. The SMILES string of the molecule is CCCC(CN)N1CCN(C(=O)N(C)CC)CC1. The molecule has 0 aliphatic carbocycles. The van der Waals surface area contributed by atoms with Crippen LogP contribution in [0.2, 0.25) is 0 Å². The number of hydrogen-bond donors (Lipinski definition) is 1. The van der Waals surface area contributed by atoms with Crippen LogP contribution >= 0.6 is 0 Å². The minimum Gasteiger partial charge on any atom is -0.329 e. The van der Waals surface area contributed by atoms with Crippen molar-refractivity contribution in [1.82, 2.24) is 14.7 Å². The van der Waals surface area contributed by atoms with E-state index < -0.39 is 0 Å². The van der Waals surface area contributed by atoms with Crippen LogP contribution in [-0.4, -0.2) is 73.1 Å². The molecule has 0 spiro atoms. The largest absolute Gasteiger partial charge is 0.329 e. The first-order valence-electron chi connectivity index (χ1n) is 7.08. The Hall–Kier alpha value is -0.810. The average Bonchev–Trinajstić information content (AvgIpc) is 2.43. The Bertz CT molecular complexity index is 251. The molecule has 1 aliphatic heterocycles. The van der Waals surface area contributed by atoms with Gasteiger partial charge in [0.05, 0.1) is 0 Å². The quantitative estimate of drug-likeness (QED) is 0.792. The van der Waals surface area contributed by atoms with E-state index in [1.165, 1.54) is 6.42 Å². The van der Waals surface area contributed by atoms with Gasteiger partial charge in [-0.1, -0.05) is 13.3 Å². The third kappa shape index (κ3) is 3.85. The number of amides is 2. The summed E-state index contributed by atoms with van der Waals surface area (Å²) in [7, 11) is 1.86. The summed E-state index contributed by atoms with van der Waals surface area (Å²) in [5.41, 5.74) is 5.82. The van der Waals surface area contributed by atoms with Gasteiger partial charge < -0.3 is 15.5 Å². The first kappa shape index (κ1) is 15.2. The van der Waals surface area contributed by atoms with Crippen molar-refractivity contribution in [3.05, 3.63) is 0 Å². The number of carbonyl (C=O) groups excluding carboxylic acids is 1. The van der Waals surface area contributed by atoms with E-state index in [1.807, 2.05) is 18.9 Å². The molecule has 2 amide bonds. The number of piperazine rings is 1. The van der Waals surface area contributed by atoms with Gasteiger partial charge in [-0.15, -0.1) is 0 Å². The molecule has 5 heteroatoms. The van der Waals surface area contributed by atoms with Gasteiger partial charge in [0.25, 0.3) is 0 Å². The maximum Gasteiger partial charge on any atom is 0.319 e. The van der Waals surface area contributed by atoms with Gasteiger partial charge >= 0.3 is 6.03 Å². The van der Waals surface area contributed by atoms with Crippen LogP contribution in [0, 0.1) is 0 Å². The highest BCUT2D eigenvalue weighted by Gasteiger charge is 2.25. The molecule has 0 saturated carbocycles. The second-order valence-electron chi connectivity index (χ2n) is 5.00. The Kier molecular flexibility index (Phi) is 6.43. The number of nitrogens with zero attached hydrogens (tertiary/aromatic N) is 3. The predicted octanol–water partition coefficient (Wildman–Crippen LogP) is 0.803. The zero-order valence-electron chi connectivity index (χ0n) is 12.1. The van der Waals surface area contributed by atoms with Crippen molar-refractivity contribution in [3.8, 4) is 0 Å². The maximum absolute atomic E-state index is 12.0. The zero-order valence-corrected chi connectivity index (χ0v) is 12.1. The van der Waals surface area contributed by atoms with E-state index >= 15 is 0 Å². The summed E-state index contributed by atoms with van der Waals surface area (Å²) in [4.78, 5) is 18.1. The number of urea groups is 1. The fourth-order valence-corrected chi connectivity index (χ4v) is 2.44. The summed E-state index contributed by atoms with van der Waals surface area (Å²) in [5, 5.41) is 0. The predicted molar refractivity (Wildman–Crippen MR) is 74.6 cm³/mol. The molecule has 106 valence electrons. The summed E-state index contributed by atoms with van der Waals surface area (Å²) in [6.45, 7) is 9.22. The fourth-order valence-electron chi connectivity index (χ4n) is 2.44. The molecule has 1 saturated heterocycles. The van der Waals surface area contributed by atoms with E-state index in [1.54, 1.807) is 4.90 Å². The van der Waals surface area contributed by atoms with Crippen LogP contribution < -0.4 is 5.73 Å². The van der Waals surface area contributed by atoms with Gasteiger partial charge in [-0.3, -0.25) is 4.90 Å². The highest BCUT2D eigenvalue weighted by Crippen LogP contribution is 2.11. The zero-order chi connectivity index (χ0) is 13.5. The average molecular weight is 256 g/mol. The number of nitrogens with two attached hydrogens (primary N) is 1. The second kappa shape index (κ2) is 7.59. The second-order valence-corrected chi connectivity index (χ2v) is 5.00. The lowest BCUT2D eigenvalue weighted by atomic mass is 10.1. The molecule has 0 bridgehead atoms. The van der Waals surface area contributed by atoms with E-state index in [-0.39, 0.29) is 6.03 Å². The molecule has 1 aliphatic rings. The van der Waals surface area contributed by atoms with Crippen molar-refractivity contribution in [2.45, 2.75) is 32.7 Å². The molecule has 1 atom stereocenters. The van der Waals surface area contributed by atoms with Crippen molar-refractivity contribution in [2.75, 3.05) is 46.3 Å². The maximum atomic E-state index is 12.0. The topological polar surface area (TPSA) is 52.8 Å². The van der Waals surface area contributed by atoms with Crippen molar-refractivity contribution in [2.24, 2.45) is 5.73 Å². The number of carbonyl (C=O) groups is 1. The van der Waals surface area contributed by atoms with Gasteiger partial charge in [0.1, 0.15) is 0 Å². The van der Waals surface area contributed by atoms with E-state index in [4.69, 9.17) is 5.73 Å². The molecular weight excluding hydrogens is 228 g/mol. The molecule has 0 radical (unpaired) electrons. The van der Waals surface area contributed by atoms with Crippen LogP contribution in [0.15, 0.2) is 0 Å². The number of hydrogen-bond acceptors (Lipinski definition) is 3. The van der Waals surface area contributed by atoms with Crippen LogP contribution in [0.5, 0.6) is 0 Å². The highest BCUT2D eigenvalue weighted by atomic mass is 16.2. The van der Waals surface area contributed by atoms with Crippen molar-refractivity contribution in [1.29, 1.82) is 0 Å². The van der Waals surface area contributed by atoms with E-state index in [0.29, 0.717) is 6.04 Å². The first-order valence-corrected chi connectivity index (χ1v) is 7.08. The van der Waals surface area contributed by atoms with E-state index in [9.17, 15) is 4.79 Å². The Labute approximate surface area is 111 Å². The summed E-state index contributed by atoms with van der Waals surface area (Å²) in [6.07, 6.45) is 2.32. The van der Waals surface area contributed by atoms with Crippen molar-refractivity contribution >= 4 is 6.03 Å². The van der Waals surface area contributed by atoms with E-state index in [0.717, 1.165) is 45.7 Å². The monoisotopic (exact) mass is 256 g/mol. The van der Waals surface area contributed by atoms with Gasteiger partial charge in [0, 0.05) is 52.4 Å². The van der Waals surface area contributed by atoms with Crippen molar-refractivity contribution < 1.29 is 4.79 Å². The Morgan fingerprint density at radius 3 is 2.33 bits per heavy atom. The van der Waals surface area contributed by atoms with Crippen LogP contribution in [0.1, 0.15) is 26.7 Å². The Balaban J connectivity index is 2.42. The van der Waals surface area contributed by atoms with Gasteiger partial charge in [-0.2, -0.15) is 0 Å². The molecule has 1 unspecified atom stereocenters. The minimum atomic E-state index is 0.150. The lowest BCUT2D eigenvalue weighted by Crippen LogP contribution is -2.55. The molecule has 1 rings (SSSR count). The number of rotatable bonds is 5. The Morgan fingerprint density at radius 2 is 1.89 bits per heavy atom. The summed E-state index contributed by atoms with van der Waals surface area (Å²) in [6, 6.07) is 0.632. The van der Waals surface area contributed by atoms with Crippen LogP contribution in [0.25, 0.3) is 0 Å². The summed E-state index contributed by atoms with van der Waals surface area (Å²) < 4.78 is 0. The van der Waals surface area contributed by atoms with Gasteiger partial charge in [0.15, 0.2) is 0 Å². The van der Waals surface area contributed by atoms with Gasteiger partial charge in [0.2, 0.25) is 0 Å². The normalized spacial score (nSPS) is 18.8. The molecule has 0 aromatic carbocycles.